The summed E-state index contributed by atoms with van der Waals surface area (Å²) in [4.78, 5) is 26.2. The molecule has 0 rings (SSSR count). The number of nitrogens with one attached hydrogen (secondary N) is 2. The maximum Gasteiger partial charge on any atom is 0.211 e. The smallest absolute Gasteiger partial charge is 0.211 e. The zero-order chi connectivity index (χ0) is 22.0. The Hall–Kier alpha value is -0.120. The second-order valence-corrected chi connectivity index (χ2v) is 9.62. The van der Waals surface area contributed by atoms with E-state index >= 15 is 0 Å². The molecule has 2 N–H and O–H groups in total. The summed E-state index contributed by atoms with van der Waals surface area (Å²) >= 11 is 11.0. The molecule has 0 heterocycles. The van der Waals surface area contributed by atoms with Crippen LogP contribution in [0.2, 0.25) is 0 Å². The van der Waals surface area contributed by atoms with E-state index in [0.29, 0.717) is 11.5 Å². The SMILES string of the molecule is C=C(/C(SN[C@@H](CS)C(C)=O)=C(/SC(=O)[C@H](CS)NC)C(=C)C(C)C)C(C)C. The van der Waals surface area contributed by atoms with Gasteiger partial charge in [-0.15, -0.1) is 0 Å². The number of rotatable bonds is 13. The normalized spacial score (nSPS) is 14.6. The lowest BCUT2D eigenvalue weighted by Crippen LogP contribution is -2.34. The van der Waals surface area contributed by atoms with Gasteiger partial charge in [-0.1, -0.05) is 40.9 Å². The van der Waals surface area contributed by atoms with Crippen LogP contribution < -0.4 is 10.0 Å². The predicted octanol–water partition coefficient (Wildman–Crippen LogP) is 4.53. The average molecular weight is 463 g/mol. The largest absolute Gasteiger partial charge is 0.309 e. The number of allylic oxidation sites excluding steroid dienone is 2. The van der Waals surface area contributed by atoms with Crippen molar-refractivity contribution in [1.29, 1.82) is 0 Å². The molecule has 0 aromatic heterocycles. The highest BCUT2D eigenvalue weighted by molar-refractivity contribution is 8.18. The highest BCUT2D eigenvalue weighted by Crippen LogP contribution is 2.40. The number of likely N-dealkylation sites (N-methyl/N-ethyl adjacent to an activating group) is 1. The summed E-state index contributed by atoms with van der Waals surface area (Å²) in [5.74, 6) is 1.13. The first-order valence-corrected chi connectivity index (χ1v) is 12.1. The van der Waals surface area contributed by atoms with Gasteiger partial charge in [-0.2, -0.15) is 25.3 Å². The summed E-state index contributed by atoms with van der Waals surface area (Å²) in [6, 6.07) is -0.753. The van der Waals surface area contributed by atoms with Crippen molar-refractivity contribution < 1.29 is 9.59 Å². The van der Waals surface area contributed by atoms with Crippen molar-refractivity contribution in [3.05, 3.63) is 34.1 Å². The van der Waals surface area contributed by atoms with Crippen molar-refractivity contribution in [3.8, 4) is 0 Å². The van der Waals surface area contributed by atoms with Crippen LogP contribution in [0, 0.1) is 11.8 Å². The molecule has 4 nitrogen and oxygen atoms in total. The monoisotopic (exact) mass is 462 g/mol. The fourth-order valence-corrected chi connectivity index (χ4v) is 5.30. The number of Topliss-reactive ketones (excluding diaryl/α,β-unsaturated/α-hetero) is 1. The second-order valence-electron chi connectivity index (χ2n) is 7.03. The van der Waals surface area contributed by atoms with Gasteiger partial charge in [-0.3, -0.25) is 9.59 Å². The number of hydrogen-bond donors (Lipinski definition) is 4. The summed E-state index contributed by atoms with van der Waals surface area (Å²) < 4.78 is 3.19. The molecule has 160 valence electrons. The van der Waals surface area contributed by atoms with Gasteiger partial charge in [0, 0.05) is 21.3 Å². The minimum atomic E-state index is -0.389. The Balaban J connectivity index is 6.16. The average Bonchev–Trinajstić information content (AvgIpc) is 2.63. The summed E-state index contributed by atoms with van der Waals surface area (Å²) in [6.45, 7) is 18.2. The quantitative estimate of drug-likeness (QED) is 0.183. The lowest BCUT2D eigenvalue weighted by Gasteiger charge is -2.24. The third-order valence-electron chi connectivity index (χ3n) is 4.18. The Labute approximate surface area is 190 Å². The van der Waals surface area contributed by atoms with E-state index in [1.807, 2.05) is 13.8 Å². The maximum atomic E-state index is 12.8. The van der Waals surface area contributed by atoms with E-state index in [1.165, 1.54) is 18.9 Å². The summed E-state index contributed by atoms with van der Waals surface area (Å²) in [6.07, 6.45) is 0. The number of ketones is 1. The highest BCUT2D eigenvalue weighted by atomic mass is 32.2. The molecular formula is C20H34N2O2S4. The van der Waals surface area contributed by atoms with Gasteiger partial charge in [0.05, 0.1) is 12.1 Å². The lowest BCUT2D eigenvalue weighted by molar-refractivity contribution is -0.118. The Morgan fingerprint density at radius 2 is 1.39 bits per heavy atom. The van der Waals surface area contributed by atoms with Gasteiger partial charge in [0.25, 0.3) is 0 Å². The first-order valence-electron chi connectivity index (χ1n) is 9.17. The third kappa shape index (κ3) is 8.71. The van der Waals surface area contributed by atoms with Gasteiger partial charge in [0.15, 0.2) is 0 Å². The van der Waals surface area contributed by atoms with Crippen LogP contribution in [0.25, 0.3) is 0 Å². The molecule has 8 heteroatoms. The summed E-state index contributed by atoms with van der Waals surface area (Å²) in [5.41, 5.74) is 1.76. The Morgan fingerprint density at radius 1 is 0.929 bits per heavy atom. The Morgan fingerprint density at radius 3 is 1.75 bits per heavy atom. The van der Waals surface area contributed by atoms with E-state index in [-0.39, 0.29) is 34.8 Å². The standard InChI is InChI=1S/C20H34N2O2S4/c1-11(2)13(5)18(27-20(24)17(10-26)21-8)19(14(6)12(3)4)28-22-16(9-25)15(7)23/h11-12,16-17,21-22,25-26H,5-6,9-10H2,1-4,7-8H3/b19-18-/t16-,17-/m0/s1. The zero-order valence-corrected chi connectivity index (χ0v) is 21.1. The lowest BCUT2D eigenvalue weighted by atomic mass is 10.00. The van der Waals surface area contributed by atoms with E-state index in [1.54, 1.807) is 7.05 Å². The molecule has 0 spiro atoms. The molecule has 0 bridgehead atoms. The number of thioether (sulfide) groups is 1. The molecule has 0 aliphatic heterocycles. The second kappa shape index (κ2) is 14.0. The Bertz CT molecular complexity index is 611. The molecule has 0 saturated carbocycles. The van der Waals surface area contributed by atoms with E-state index < -0.39 is 0 Å². The van der Waals surface area contributed by atoms with Gasteiger partial charge >= 0.3 is 0 Å². The molecule has 0 aromatic carbocycles. The van der Waals surface area contributed by atoms with E-state index in [4.69, 9.17) is 0 Å². The van der Waals surface area contributed by atoms with Crippen molar-refractivity contribution in [1.82, 2.24) is 10.0 Å². The van der Waals surface area contributed by atoms with Crippen molar-refractivity contribution >= 4 is 59.9 Å². The van der Waals surface area contributed by atoms with Crippen molar-refractivity contribution in [2.75, 3.05) is 18.6 Å². The van der Waals surface area contributed by atoms with Crippen LogP contribution in [0.15, 0.2) is 34.1 Å². The van der Waals surface area contributed by atoms with Gasteiger partial charge in [-0.25, -0.2) is 4.72 Å². The highest BCUT2D eigenvalue weighted by Gasteiger charge is 2.25. The molecule has 0 aliphatic rings. The number of hydrogen-bond acceptors (Lipinski definition) is 8. The van der Waals surface area contributed by atoms with Crippen LogP contribution >= 0.6 is 49.0 Å². The predicted molar refractivity (Wildman–Crippen MR) is 133 cm³/mol. The number of thiol groups is 2. The topological polar surface area (TPSA) is 58.2 Å². The van der Waals surface area contributed by atoms with Gasteiger partial charge in [0.1, 0.15) is 5.78 Å². The molecule has 28 heavy (non-hydrogen) atoms. The maximum absolute atomic E-state index is 12.8. The zero-order valence-electron chi connectivity index (χ0n) is 17.7. The number of carbonyl (C=O) groups is 2. The van der Waals surface area contributed by atoms with Crippen LogP contribution in [-0.4, -0.2) is 41.5 Å². The molecule has 0 fully saturated rings. The number of carbonyl (C=O) groups excluding carboxylic acids is 2. The fourth-order valence-electron chi connectivity index (χ4n) is 1.87. The first kappa shape index (κ1) is 27.9. The van der Waals surface area contributed by atoms with Crippen LogP contribution in [0.4, 0.5) is 0 Å². The van der Waals surface area contributed by atoms with Crippen molar-refractivity contribution in [2.24, 2.45) is 11.8 Å². The molecule has 0 saturated heterocycles. The molecule has 0 aromatic rings. The molecule has 0 amide bonds. The molecule has 0 radical (unpaired) electrons. The third-order valence-corrected chi connectivity index (χ3v) is 7.27. The minimum absolute atomic E-state index is 0.00953. The van der Waals surface area contributed by atoms with E-state index in [9.17, 15) is 9.59 Å². The molecule has 0 unspecified atom stereocenters. The first-order chi connectivity index (χ1) is 13.0. The Kier molecular flexibility index (Phi) is 13.9. The molecular weight excluding hydrogens is 429 g/mol. The summed E-state index contributed by atoms with van der Waals surface area (Å²) in [5, 5.41) is 2.96. The van der Waals surface area contributed by atoms with Crippen molar-refractivity contribution in [3.63, 3.8) is 0 Å². The van der Waals surface area contributed by atoms with Crippen LogP contribution in [0.1, 0.15) is 34.6 Å². The van der Waals surface area contributed by atoms with E-state index in [2.05, 4.69) is 62.3 Å². The summed E-state index contributed by atoms with van der Waals surface area (Å²) in [7, 11) is 1.74. The van der Waals surface area contributed by atoms with Gasteiger partial charge in [-0.05, 0) is 60.7 Å². The van der Waals surface area contributed by atoms with Gasteiger partial charge in [0.2, 0.25) is 5.12 Å². The molecule has 2 atom stereocenters. The van der Waals surface area contributed by atoms with E-state index in [0.717, 1.165) is 32.7 Å². The fraction of sp³-hybridized carbons (Fsp3) is 0.600. The van der Waals surface area contributed by atoms with Crippen LogP contribution in [0.3, 0.4) is 0 Å². The van der Waals surface area contributed by atoms with Crippen LogP contribution in [-0.2, 0) is 9.59 Å². The van der Waals surface area contributed by atoms with Crippen molar-refractivity contribution in [2.45, 2.75) is 46.7 Å². The van der Waals surface area contributed by atoms with Crippen LogP contribution in [0.5, 0.6) is 0 Å². The minimum Gasteiger partial charge on any atom is -0.309 e. The van der Waals surface area contributed by atoms with Gasteiger partial charge < -0.3 is 5.32 Å². The molecule has 0 aliphatic carbocycles.